The summed E-state index contributed by atoms with van der Waals surface area (Å²) in [6, 6.07) is 5.22. The highest BCUT2D eigenvalue weighted by molar-refractivity contribution is 8.45. The van der Waals surface area contributed by atoms with Crippen molar-refractivity contribution in [3.63, 3.8) is 0 Å². The van der Waals surface area contributed by atoms with Crippen molar-refractivity contribution in [3.8, 4) is 5.75 Å². The van der Waals surface area contributed by atoms with Crippen LogP contribution in [0.4, 0.5) is 29.9 Å². The molecule has 2 unspecified atom stereocenters. The van der Waals surface area contributed by atoms with E-state index in [1.165, 1.54) is 0 Å². The van der Waals surface area contributed by atoms with Gasteiger partial charge in [-0.05, 0) is 29.7 Å². The molecular weight excluding hydrogens is 435 g/mol. The lowest BCUT2D eigenvalue weighted by Gasteiger charge is -2.41. The summed E-state index contributed by atoms with van der Waals surface area (Å²) >= 11 is 0. The summed E-state index contributed by atoms with van der Waals surface area (Å²) in [7, 11) is -9.04. The Labute approximate surface area is 168 Å². The number of hydrogen-bond acceptors (Lipinski definition) is 4. The largest absolute Gasteiger partial charge is 0.494 e. The number of hydrogen-bond donors (Lipinski definition) is 4. The van der Waals surface area contributed by atoms with E-state index in [-0.39, 0.29) is 18.6 Å². The molecule has 2 aromatic carbocycles. The van der Waals surface area contributed by atoms with E-state index in [0.717, 1.165) is 12.7 Å². The third-order valence-corrected chi connectivity index (χ3v) is 5.85. The molecule has 30 heavy (non-hydrogen) atoms. The van der Waals surface area contributed by atoms with Gasteiger partial charge in [0.1, 0.15) is 10.6 Å². The van der Waals surface area contributed by atoms with Crippen LogP contribution in [-0.4, -0.2) is 29.4 Å². The Morgan fingerprint density at radius 2 is 1.87 bits per heavy atom. The lowest BCUT2D eigenvalue weighted by atomic mass is 10.1. The van der Waals surface area contributed by atoms with Crippen LogP contribution in [0.5, 0.6) is 5.75 Å². The van der Waals surface area contributed by atoms with E-state index in [4.69, 9.17) is 4.74 Å². The second-order valence-electron chi connectivity index (χ2n) is 6.84. The lowest BCUT2D eigenvalue weighted by Crippen LogP contribution is -2.40. The molecule has 1 aliphatic carbocycles. The molecule has 4 N–H and O–H groups in total. The topological polar surface area (TPSA) is 90.8 Å². The Bertz CT molecular complexity index is 1000. The first-order chi connectivity index (χ1) is 13.7. The number of methoxy groups -OCH3 is 1. The van der Waals surface area contributed by atoms with E-state index in [2.05, 4.69) is 5.32 Å². The minimum absolute atomic E-state index is 0.0545. The van der Waals surface area contributed by atoms with Gasteiger partial charge in [0.2, 0.25) is 0 Å². The Hall–Kier alpha value is -2.57. The van der Waals surface area contributed by atoms with E-state index in [9.17, 15) is 34.4 Å². The third kappa shape index (κ3) is 4.45. The van der Waals surface area contributed by atoms with Gasteiger partial charge in [0, 0.05) is 5.56 Å². The van der Waals surface area contributed by atoms with Crippen molar-refractivity contribution in [3.05, 3.63) is 53.1 Å². The average Bonchev–Trinajstić information content (AvgIpc) is 2.95. The van der Waals surface area contributed by atoms with Gasteiger partial charge >= 0.3 is 16.3 Å². The van der Waals surface area contributed by atoms with Gasteiger partial charge in [-0.3, -0.25) is 0 Å². The van der Waals surface area contributed by atoms with Crippen molar-refractivity contribution >= 4 is 21.9 Å². The first-order valence-electron chi connectivity index (χ1n) is 8.62. The van der Waals surface area contributed by atoms with Crippen molar-refractivity contribution in [1.82, 2.24) is 5.32 Å². The van der Waals surface area contributed by atoms with Gasteiger partial charge in [-0.1, -0.05) is 43.7 Å². The van der Waals surface area contributed by atoms with Crippen molar-refractivity contribution < 1.29 is 39.2 Å². The van der Waals surface area contributed by atoms with Crippen molar-refractivity contribution in [2.75, 3.05) is 12.4 Å². The molecule has 6 nitrogen and oxygen atoms in total. The summed E-state index contributed by atoms with van der Waals surface area (Å²) in [6.07, 6.45) is -0.771. The van der Waals surface area contributed by atoms with E-state index >= 15 is 0 Å². The standard InChI is InChI=1S/C18H19F5N2O4S/c1-29-17-11(9-26)6-12(30(19,20,21,22)23)8-15(17)25-18(28)24-14-7-10-4-2-3-5-13(10)16(14)27/h2-6,8,14,16,26-27H,7,9H2,1H3,(H2,24,25,28). The average molecular weight is 454 g/mol. The molecule has 12 heteroatoms. The van der Waals surface area contributed by atoms with Crippen LogP contribution in [-0.2, 0) is 13.0 Å². The summed E-state index contributed by atoms with van der Waals surface area (Å²) < 4.78 is 71.2. The first kappa shape index (κ1) is 22.1. The molecule has 3 rings (SSSR count). The number of halogens is 5. The number of carbonyl (C=O) groups is 1. The highest BCUT2D eigenvalue weighted by Gasteiger charge is 2.65. The van der Waals surface area contributed by atoms with Crippen molar-refractivity contribution in [1.29, 1.82) is 0 Å². The second kappa shape index (κ2) is 6.72. The van der Waals surface area contributed by atoms with Gasteiger partial charge in [-0.15, -0.1) is 0 Å². The highest BCUT2D eigenvalue weighted by atomic mass is 32.5. The molecule has 0 spiro atoms. The van der Waals surface area contributed by atoms with Gasteiger partial charge in [0.05, 0.1) is 31.5 Å². The number of aliphatic hydroxyl groups is 2. The number of anilines is 1. The molecule has 1 aliphatic rings. The molecule has 2 aromatic rings. The van der Waals surface area contributed by atoms with Crippen LogP contribution in [0.1, 0.15) is 22.8 Å². The van der Waals surface area contributed by atoms with Crippen LogP contribution in [0.15, 0.2) is 41.3 Å². The van der Waals surface area contributed by atoms with Crippen molar-refractivity contribution in [2.45, 2.75) is 30.1 Å². The Morgan fingerprint density at radius 3 is 2.43 bits per heavy atom. The van der Waals surface area contributed by atoms with Crippen LogP contribution >= 0.6 is 10.2 Å². The summed E-state index contributed by atoms with van der Waals surface area (Å²) in [4.78, 5) is 10.1. The SMILES string of the molecule is COc1c(CO)cc(S(F)(F)(F)(F)F)cc1NC(=O)NC1Cc2ccccc2C1O. The molecule has 0 saturated carbocycles. The lowest BCUT2D eigenvalue weighted by molar-refractivity contribution is 0.145. The van der Waals surface area contributed by atoms with Gasteiger partial charge in [0.15, 0.2) is 0 Å². The normalized spacial score (nSPS) is 20.7. The molecule has 2 amide bonds. The maximum atomic E-state index is 13.3. The number of urea groups is 1. The van der Waals surface area contributed by atoms with Crippen molar-refractivity contribution in [2.24, 2.45) is 0 Å². The molecular formula is C18H19F5N2O4S. The molecule has 0 heterocycles. The zero-order chi connectivity index (χ0) is 22.4. The van der Waals surface area contributed by atoms with Gasteiger partial charge in [0.25, 0.3) is 0 Å². The summed E-state index contributed by atoms with van der Waals surface area (Å²) in [5, 5.41) is 24.1. The molecule has 0 bridgehead atoms. The number of nitrogens with one attached hydrogen (secondary N) is 2. The quantitative estimate of drug-likeness (QED) is 0.496. The maximum absolute atomic E-state index is 13.3. The number of aliphatic hydroxyl groups excluding tert-OH is 2. The summed E-state index contributed by atoms with van der Waals surface area (Å²) in [5.74, 6) is -0.395. The first-order valence-corrected chi connectivity index (χ1v) is 10.6. The third-order valence-electron chi connectivity index (χ3n) is 4.72. The van der Waals surface area contributed by atoms with Crippen LogP contribution < -0.4 is 15.4 Å². The molecule has 0 radical (unpaired) electrons. The second-order valence-corrected chi connectivity index (χ2v) is 9.25. The van der Waals surface area contributed by atoms with Gasteiger partial charge in [-0.2, -0.15) is 0 Å². The highest BCUT2D eigenvalue weighted by Crippen LogP contribution is 3.02. The van der Waals surface area contributed by atoms with E-state index < -0.39 is 56.9 Å². The number of amides is 2. The Kier molecular flexibility index (Phi) is 4.96. The maximum Gasteiger partial charge on any atom is 0.319 e. The summed E-state index contributed by atoms with van der Waals surface area (Å²) in [6.45, 7) is -1.03. The Balaban J connectivity index is 1.88. The van der Waals surface area contributed by atoms with E-state index in [0.29, 0.717) is 5.56 Å². The number of fused-ring (bicyclic) bond motifs is 1. The molecule has 0 aromatic heterocycles. The van der Waals surface area contributed by atoms with Crippen LogP contribution in [0, 0.1) is 0 Å². The number of ether oxygens (including phenoxy) is 1. The molecule has 0 fully saturated rings. The van der Waals surface area contributed by atoms with Gasteiger partial charge in [-0.25, -0.2) is 4.79 Å². The number of rotatable bonds is 5. The Morgan fingerprint density at radius 1 is 1.20 bits per heavy atom. The molecule has 0 aliphatic heterocycles. The number of carbonyl (C=O) groups excluding carboxylic acids is 1. The minimum Gasteiger partial charge on any atom is -0.494 e. The zero-order valence-corrected chi connectivity index (χ0v) is 16.4. The smallest absolute Gasteiger partial charge is 0.319 e. The van der Waals surface area contributed by atoms with Crippen LogP contribution in [0.2, 0.25) is 0 Å². The van der Waals surface area contributed by atoms with E-state index in [1.54, 1.807) is 24.3 Å². The van der Waals surface area contributed by atoms with Gasteiger partial charge < -0.3 is 25.6 Å². The fraction of sp³-hybridized carbons (Fsp3) is 0.278. The minimum atomic E-state index is -10.1. The predicted molar refractivity (Wildman–Crippen MR) is 101 cm³/mol. The monoisotopic (exact) mass is 454 g/mol. The molecule has 2 atom stereocenters. The number of benzene rings is 2. The fourth-order valence-corrected chi connectivity index (χ4v) is 4.07. The fourth-order valence-electron chi connectivity index (χ4n) is 3.36. The van der Waals surface area contributed by atoms with Crippen LogP contribution in [0.3, 0.4) is 0 Å². The van der Waals surface area contributed by atoms with E-state index in [1.807, 2.05) is 5.32 Å². The molecule has 166 valence electrons. The zero-order valence-electron chi connectivity index (χ0n) is 15.5. The van der Waals surface area contributed by atoms with Crippen LogP contribution in [0.25, 0.3) is 0 Å². The molecule has 0 saturated heterocycles. The summed E-state index contributed by atoms with van der Waals surface area (Å²) in [5.41, 5.74) is 0.117. The predicted octanol–water partition coefficient (Wildman–Crippen LogP) is 4.62.